The van der Waals surface area contributed by atoms with Crippen LogP contribution in [0.2, 0.25) is 0 Å². The molecule has 78 valence electrons. The van der Waals surface area contributed by atoms with Crippen LogP contribution >= 0.6 is 0 Å². The van der Waals surface area contributed by atoms with E-state index in [1.165, 1.54) is 0 Å². The van der Waals surface area contributed by atoms with Gasteiger partial charge in [-0.05, 0) is 13.0 Å². The summed E-state index contributed by atoms with van der Waals surface area (Å²) in [7, 11) is 0. The van der Waals surface area contributed by atoms with Crippen LogP contribution in [0.5, 0.6) is 0 Å². The summed E-state index contributed by atoms with van der Waals surface area (Å²) in [6, 6.07) is 7.03. The molecule has 0 aromatic carbocycles. The van der Waals surface area contributed by atoms with E-state index in [4.69, 9.17) is 16.3 Å². The summed E-state index contributed by atoms with van der Waals surface area (Å²) in [4.78, 5) is 7.91. The minimum atomic E-state index is -0.189. The number of hydrogen-bond donors (Lipinski definition) is 1. The lowest BCUT2D eigenvalue weighted by Gasteiger charge is -1.99. The Bertz CT molecular complexity index is 514. The fraction of sp³-hybridized carbons (Fsp3) is 0.0909. The monoisotopic (exact) mass is 211 g/mol. The number of nitriles is 2. The van der Waals surface area contributed by atoms with Gasteiger partial charge in [-0.2, -0.15) is 10.5 Å². The SMILES string of the molecule is C/C(=N\C(C#N)=C(/N)C#N)c1cccnc1. The van der Waals surface area contributed by atoms with Gasteiger partial charge in [0.05, 0.1) is 0 Å². The van der Waals surface area contributed by atoms with E-state index < -0.39 is 0 Å². The highest BCUT2D eigenvalue weighted by molar-refractivity contribution is 5.99. The van der Waals surface area contributed by atoms with Crippen LogP contribution in [0.1, 0.15) is 12.5 Å². The van der Waals surface area contributed by atoms with Crippen molar-refractivity contribution in [2.45, 2.75) is 6.92 Å². The highest BCUT2D eigenvalue weighted by Crippen LogP contribution is 2.05. The summed E-state index contributed by atoms with van der Waals surface area (Å²) in [5.41, 5.74) is 6.42. The molecule has 0 saturated heterocycles. The van der Waals surface area contributed by atoms with Gasteiger partial charge in [-0.15, -0.1) is 0 Å². The van der Waals surface area contributed by atoms with E-state index in [1.54, 1.807) is 37.5 Å². The molecule has 0 saturated carbocycles. The first-order valence-corrected chi connectivity index (χ1v) is 4.44. The van der Waals surface area contributed by atoms with Gasteiger partial charge in [0.1, 0.15) is 17.8 Å². The highest BCUT2D eigenvalue weighted by atomic mass is 14.8. The summed E-state index contributed by atoms with van der Waals surface area (Å²) in [5, 5.41) is 17.3. The van der Waals surface area contributed by atoms with E-state index in [-0.39, 0.29) is 11.4 Å². The quantitative estimate of drug-likeness (QED) is 0.585. The van der Waals surface area contributed by atoms with Gasteiger partial charge >= 0.3 is 0 Å². The molecule has 0 unspecified atom stereocenters. The predicted octanol–water partition coefficient (Wildman–Crippen LogP) is 1.11. The summed E-state index contributed by atoms with van der Waals surface area (Å²) >= 11 is 0. The molecule has 0 amide bonds. The topological polar surface area (TPSA) is 98.9 Å². The van der Waals surface area contributed by atoms with Gasteiger partial charge in [-0.3, -0.25) is 4.98 Å². The Kier molecular flexibility index (Phi) is 3.77. The van der Waals surface area contributed by atoms with Crippen LogP contribution in [0.4, 0.5) is 0 Å². The van der Waals surface area contributed by atoms with Gasteiger partial charge in [-0.1, -0.05) is 6.07 Å². The Hall–Kier alpha value is -2.66. The van der Waals surface area contributed by atoms with Crippen LogP contribution in [0.25, 0.3) is 0 Å². The lowest BCUT2D eigenvalue weighted by atomic mass is 10.2. The second-order valence-corrected chi connectivity index (χ2v) is 2.92. The van der Waals surface area contributed by atoms with Crippen molar-refractivity contribution in [3.63, 3.8) is 0 Å². The van der Waals surface area contributed by atoms with Crippen molar-refractivity contribution < 1.29 is 0 Å². The number of nitrogens with two attached hydrogens (primary N) is 1. The Labute approximate surface area is 93.2 Å². The average molecular weight is 211 g/mol. The van der Waals surface area contributed by atoms with Gasteiger partial charge in [0.2, 0.25) is 0 Å². The van der Waals surface area contributed by atoms with Crippen molar-refractivity contribution in [2.75, 3.05) is 0 Å². The first kappa shape index (κ1) is 11.4. The Balaban J connectivity index is 3.13. The van der Waals surface area contributed by atoms with Crippen molar-refractivity contribution in [1.29, 1.82) is 10.5 Å². The molecule has 0 aliphatic carbocycles. The standard InChI is InChI=1S/C11H9N5/c1-8(9-3-2-4-15-7-9)16-11(6-13)10(14)5-12/h2-4,7H,14H2,1H3/b11-10-,16-8+. The summed E-state index contributed by atoms with van der Waals surface area (Å²) in [5.74, 6) is 0. The number of rotatable bonds is 2. The number of pyridine rings is 1. The number of hydrogen-bond acceptors (Lipinski definition) is 5. The minimum absolute atomic E-state index is 0.0798. The van der Waals surface area contributed by atoms with E-state index in [9.17, 15) is 0 Å². The van der Waals surface area contributed by atoms with Crippen molar-refractivity contribution >= 4 is 5.71 Å². The van der Waals surface area contributed by atoms with E-state index in [0.717, 1.165) is 5.56 Å². The zero-order valence-corrected chi connectivity index (χ0v) is 8.68. The van der Waals surface area contributed by atoms with Crippen molar-refractivity contribution in [2.24, 2.45) is 10.7 Å². The van der Waals surface area contributed by atoms with Gasteiger partial charge in [0.25, 0.3) is 0 Å². The zero-order valence-electron chi connectivity index (χ0n) is 8.68. The highest BCUT2D eigenvalue weighted by Gasteiger charge is 2.02. The zero-order chi connectivity index (χ0) is 12.0. The second kappa shape index (κ2) is 5.28. The third kappa shape index (κ3) is 2.66. The maximum Gasteiger partial charge on any atom is 0.174 e. The molecular formula is C11H9N5. The molecule has 0 aliphatic rings. The van der Waals surface area contributed by atoms with Crippen LogP contribution < -0.4 is 5.73 Å². The molecule has 1 aromatic rings. The molecule has 5 nitrogen and oxygen atoms in total. The molecule has 0 fully saturated rings. The normalized spacial score (nSPS) is 12.3. The predicted molar refractivity (Wildman–Crippen MR) is 58.9 cm³/mol. The van der Waals surface area contributed by atoms with E-state index in [0.29, 0.717) is 5.71 Å². The number of aliphatic imine (C=N–C) groups is 1. The van der Waals surface area contributed by atoms with E-state index >= 15 is 0 Å². The number of aromatic nitrogens is 1. The van der Waals surface area contributed by atoms with Gasteiger partial charge in [-0.25, -0.2) is 4.99 Å². The van der Waals surface area contributed by atoms with Gasteiger partial charge in [0.15, 0.2) is 5.70 Å². The van der Waals surface area contributed by atoms with Crippen molar-refractivity contribution in [3.05, 3.63) is 41.5 Å². The Morgan fingerprint density at radius 3 is 2.69 bits per heavy atom. The Morgan fingerprint density at radius 1 is 1.44 bits per heavy atom. The first-order chi connectivity index (χ1) is 7.69. The molecule has 0 bridgehead atoms. The molecule has 2 N–H and O–H groups in total. The largest absolute Gasteiger partial charge is 0.388 e. The van der Waals surface area contributed by atoms with E-state index in [2.05, 4.69) is 9.98 Å². The summed E-state index contributed by atoms with van der Waals surface area (Å²) < 4.78 is 0. The first-order valence-electron chi connectivity index (χ1n) is 4.44. The minimum Gasteiger partial charge on any atom is -0.388 e. The van der Waals surface area contributed by atoms with Crippen LogP contribution in [-0.4, -0.2) is 10.7 Å². The lowest BCUT2D eigenvalue weighted by Crippen LogP contribution is -2.01. The molecule has 1 aromatic heterocycles. The number of nitrogens with zero attached hydrogens (tertiary/aromatic N) is 4. The molecule has 0 spiro atoms. The average Bonchev–Trinajstić information content (AvgIpc) is 2.35. The molecule has 1 rings (SSSR count). The molecule has 5 heteroatoms. The fourth-order valence-corrected chi connectivity index (χ4v) is 1.01. The molecule has 0 radical (unpaired) electrons. The molecule has 0 atom stereocenters. The van der Waals surface area contributed by atoms with Crippen LogP contribution in [0, 0.1) is 22.7 Å². The molecular weight excluding hydrogens is 202 g/mol. The maximum atomic E-state index is 8.76. The van der Waals surface area contributed by atoms with Crippen LogP contribution in [0.15, 0.2) is 40.9 Å². The van der Waals surface area contributed by atoms with Gasteiger partial charge in [0, 0.05) is 23.7 Å². The number of allylic oxidation sites excluding steroid dienone is 2. The van der Waals surface area contributed by atoms with Crippen molar-refractivity contribution in [1.82, 2.24) is 4.98 Å². The lowest BCUT2D eigenvalue weighted by molar-refractivity contribution is 1.25. The van der Waals surface area contributed by atoms with Crippen LogP contribution in [0.3, 0.4) is 0 Å². The van der Waals surface area contributed by atoms with E-state index in [1.807, 2.05) is 6.07 Å². The third-order valence-electron chi connectivity index (χ3n) is 1.84. The second-order valence-electron chi connectivity index (χ2n) is 2.92. The molecule has 1 heterocycles. The van der Waals surface area contributed by atoms with Gasteiger partial charge < -0.3 is 5.73 Å². The summed E-state index contributed by atoms with van der Waals surface area (Å²) in [6.45, 7) is 1.72. The maximum absolute atomic E-state index is 8.76. The Morgan fingerprint density at radius 2 is 2.19 bits per heavy atom. The molecule has 16 heavy (non-hydrogen) atoms. The smallest absolute Gasteiger partial charge is 0.174 e. The molecule has 0 aliphatic heterocycles. The van der Waals surface area contributed by atoms with Crippen molar-refractivity contribution in [3.8, 4) is 12.1 Å². The fourth-order valence-electron chi connectivity index (χ4n) is 1.01. The van der Waals surface area contributed by atoms with Crippen LogP contribution in [-0.2, 0) is 0 Å². The summed E-state index contributed by atoms with van der Waals surface area (Å²) in [6.07, 6.45) is 3.26. The third-order valence-corrected chi connectivity index (χ3v) is 1.84.